The molecule has 21 heavy (non-hydrogen) atoms. The number of rotatable bonds is 9. The molecule has 0 N–H and O–H groups in total. The third-order valence-electron chi connectivity index (χ3n) is 3.59. The second-order valence-electron chi connectivity index (χ2n) is 6.54. The Balaban J connectivity index is 2.65. The van der Waals surface area contributed by atoms with Crippen molar-refractivity contribution < 1.29 is 4.79 Å². The molecule has 0 aliphatic heterocycles. The zero-order valence-corrected chi connectivity index (χ0v) is 15.3. The van der Waals surface area contributed by atoms with Crippen LogP contribution in [0.3, 0.4) is 0 Å². The van der Waals surface area contributed by atoms with E-state index in [-0.39, 0.29) is 5.78 Å². The van der Waals surface area contributed by atoms with E-state index in [0.29, 0.717) is 18.4 Å². The van der Waals surface area contributed by atoms with Crippen LogP contribution in [0.1, 0.15) is 50.9 Å². The number of Topliss-reactive ketones (excluding diaryl/α,β-unsaturated/α-hetero) is 1. The molecule has 118 valence electrons. The van der Waals surface area contributed by atoms with Gasteiger partial charge in [0.05, 0.1) is 6.54 Å². The highest BCUT2D eigenvalue weighted by atomic mass is 79.9. The van der Waals surface area contributed by atoms with E-state index in [1.807, 2.05) is 24.3 Å². The Kier molecular flexibility index (Phi) is 8.20. The molecule has 1 aromatic carbocycles. The largest absolute Gasteiger partial charge is 0.296 e. The zero-order valence-electron chi connectivity index (χ0n) is 13.7. The van der Waals surface area contributed by atoms with E-state index in [9.17, 15) is 4.79 Å². The van der Waals surface area contributed by atoms with Crippen molar-refractivity contribution in [3.05, 3.63) is 34.3 Å². The minimum Gasteiger partial charge on any atom is -0.296 e. The normalized spacial score (nSPS) is 11.6. The first kappa shape index (κ1) is 18.4. The van der Waals surface area contributed by atoms with Gasteiger partial charge in [0, 0.05) is 10.0 Å². The molecule has 0 saturated heterocycles. The summed E-state index contributed by atoms with van der Waals surface area (Å²) in [6.07, 6.45) is 2.28. The zero-order chi connectivity index (χ0) is 15.8. The van der Waals surface area contributed by atoms with Crippen LogP contribution >= 0.6 is 15.9 Å². The summed E-state index contributed by atoms with van der Waals surface area (Å²) in [6, 6.07) is 7.69. The van der Waals surface area contributed by atoms with Gasteiger partial charge in [0.2, 0.25) is 0 Å². The van der Waals surface area contributed by atoms with Gasteiger partial charge in [-0.2, -0.15) is 0 Å². The summed E-state index contributed by atoms with van der Waals surface area (Å²) in [6.45, 7) is 11.4. The average molecular weight is 354 g/mol. The van der Waals surface area contributed by atoms with Crippen molar-refractivity contribution in [1.29, 1.82) is 0 Å². The van der Waals surface area contributed by atoms with Gasteiger partial charge in [-0.1, -0.05) is 61.8 Å². The van der Waals surface area contributed by atoms with E-state index in [2.05, 4.69) is 48.5 Å². The molecular formula is C18H28BrNO. The maximum atomic E-state index is 12.5. The molecule has 0 saturated carbocycles. The number of hydrogen-bond acceptors (Lipinski definition) is 2. The van der Waals surface area contributed by atoms with Gasteiger partial charge >= 0.3 is 0 Å². The van der Waals surface area contributed by atoms with Gasteiger partial charge in [0.25, 0.3) is 0 Å². The minimum atomic E-state index is 0.204. The quantitative estimate of drug-likeness (QED) is 0.580. The van der Waals surface area contributed by atoms with Crippen molar-refractivity contribution in [2.45, 2.75) is 40.5 Å². The van der Waals surface area contributed by atoms with Crippen LogP contribution in [0.4, 0.5) is 0 Å². The summed E-state index contributed by atoms with van der Waals surface area (Å²) in [5.74, 6) is 1.55. The Bertz CT molecular complexity index is 431. The van der Waals surface area contributed by atoms with Gasteiger partial charge in [-0.3, -0.25) is 9.69 Å². The molecule has 0 fully saturated rings. The van der Waals surface area contributed by atoms with Gasteiger partial charge in [0.15, 0.2) is 5.78 Å². The van der Waals surface area contributed by atoms with Crippen LogP contribution in [0.2, 0.25) is 0 Å². The van der Waals surface area contributed by atoms with Crippen molar-refractivity contribution in [1.82, 2.24) is 4.90 Å². The van der Waals surface area contributed by atoms with Crippen LogP contribution in [-0.4, -0.2) is 30.3 Å². The predicted octanol–water partition coefficient (Wildman–Crippen LogP) is 5.03. The number of carbonyl (C=O) groups excluding carboxylic acids is 1. The number of benzene rings is 1. The van der Waals surface area contributed by atoms with Crippen LogP contribution in [0.5, 0.6) is 0 Å². The Hall–Kier alpha value is -0.670. The maximum absolute atomic E-state index is 12.5. The first-order chi connectivity index (χ1) is 9.90. The third-order valence-corrected chi connectivity index (χ3v) is 4.28. The summed E-state index contributed by atoms with van der Waals surface area (Å²) in [5, 5.41) is 0. The average Bonchev–Trinajstić information content (AvgIpc) is 2.41. The van der Waals surface area contributed by atoms with Crippen molar-refractivity contribution in [3.63, 3.8) is 0 Å². The van der Waals surface area contributed by atoms with Crippen LogP contribution in [0.25, 0.3) is 0 Å². The molecule has 0 bridgehead atoms. The lowest BCUT2D eigenvalue weighted by Crippen LogP contribution is -2.33. The third kappa shape index (κ3) is 7.23. The van der Waals surface area contributed by atoms with Gasteiger partial charge in [-0.15, -0.1) is 0 Å². The van der Waals surface area contributed by atoms with E-state index in [1.165, 1.54) is 0 Å². The van der Waals surface area contributed by atoms with Crippen LogP contribution in [0, 0.1) is 11.8 Å². The van der Waals surface area contributed by atoms with Crippen molar-refractivity contribution in [3.8, 4) is 0 Å². The van der Waals surface area contributed by atoms with Gasteiger partial charge < -0.3 is 0 Å². The molecule has 0 heterocycles. The minimum absolute atomic E-state index is 0.204. The predicted molar refractivity (Wildman–Crippen MR) is 93.8 cm³/mol. The topological polar surface area (TPSA) is 20.3 Å². The number of halogens is 1. The number of carbonyl (C=O) groups is 1. The lowest BCUT2D eigenvalue weighted by atomic mass is 10.1. The summed E-state index contributed by atoms with van der Waals surface area (Å²) >= 11 is 3.47. The molecule has 0 aliphatic carbocycles. The summed E-state index contributed by atoms with van der Waals surface area (Å²) in [4.78, 5) is 14.8. The van der Waals surface area contributed by atoms with Crippen molar-refractivity contribution in [2.75, 3.05) is 19.6 Å². The van der Waals surface area contributed by atoms with Crippen LogP contribution in [0.15, 0.2) is 28.7 Å². The highest BCUT2D eigenvalue weighted by Gasteiger charge is 2.15. The smallest absolute Gasteiger partial charge is 0.177 e. The Morgan fingerprint density at radius 1 is 1.05 bits per heavy atom. The Morgan fingerprint density at radius 3 is 2.05 bits per heavy atom. The molecule has 0 amide bonds. The Morgan fingerprint density at radius 2 is 1.57 bits per heavy atom. The van der Waals surface area contributed by atoms with Gasteiger partial charge in [0.1, 0.15) is 0 Å². The molecule has 3 heteroatoms. The number of hydrogen-bond donors (Lipinski definition) is 0. The van der Waals surface area contributed by atoms with Crippen LogP contribution in [-0.2, 0) is 0 Å². The van der Waals surface area contributed by atoms with Crippen molar-refractivity contribution in [2.24, 2.45) is 11.8 Å². The number of nitrogens with zero attached hydrogens (tertiary/aromatic N) is 1. The molecule has 1 rings (SSSR count). The highest BCUT2D eigenvalue weighted by molar-refractivity contribution is 9.10. The fourth-order valence-electron chi connectivity index (χ4n) is 2.13. The molecule has 0 spiro atoms. The lowest BCUT2D eigenvalue weighted by Gasteiger charge is -2.23. The van der Waals surface area contributed by atoms with Gasteiger partial charge in [-0.05, 0) is 43.8 Å². The monoisotopic (exact) mass is 353 g/mol. The fourth-order valence-corrected chi connectivity index (χ4v) is 2.63. The van der Waals surface area contributed by atoms with E-state index >= 15 is 0 Å². The molecule has 0 aromatic heterocycles. The van der Waals surface area contributed by atoms with Gasteiger partial charge in [-0.25, -0.2) is 0 Å². The van der Waals surface area contributed by atoms with E-state index < -0.39 is 0 Å². The molecular weight excluding hydrogens is 326 g/mol. The maximum Gasteiger partial charge on any atom is 0.177 e. The SMILES string of the molecule is CC(C)CCN(CCC(C)C)CC(=O)c1ccccc1Br. The highest BCUT2D eigenvalue weighted by Crippen LogP contribution is 2.17. The molecule has 1 aromatic rings. The fraction of sp³-hybridized carbons (Fsp3) is 0.611. The Labute approximate surface area is 138 Å². The van der Waals surface area contributed by atoms with E-state index in [0.717, 1.165) is 36.0 Å². The molecule has 0 radical (unpaired) electrons. The molecule has 0 atom stereocenters. The summed E-state index contributed by atoms with van der Waals surface area (Å²) in [7, 11) is 0. The standard InChI is InChI=1S/C18H28BrNO/c1-14(2)9-11-20(12-10-15(3)4)13-18(21)16-7-5-6-8-17(16)19/h5-8,14-15H,9-13H2,1-4H3. The lowest BCUT2D eigenvalue weighted by molar-refractivity contribution is 0.0922. The van der Waals surface area contributed by atoms with Crippen LogP contribution < -0.4 is 0 Å². The second kappa shape index (κ2) is 9.37. The second-order valence-corrected chi connectivity index (χ2v) is 7.40. The molecule has 2 nitrogen and oxygen atoms in total. The summed E-state index contributed by atoms with van der Waals surface area (Å²) in [5.41, 5.74) is 0.789. The number of ketones is 1. The summed E-state index contributed by atoms with van der Waals surface area (Å²) < 4.78 is 0.891. The molecule has 0 unspecified atom stereocenters. The first-order valence-electron chi connectivity index (χ1n) is 7.90. The first-order valence-corrected chi connectivity index (χ1v) is 8.69. The van der Waals surface area contributed by atoms with Crippen molar-refractivity contribution >= 4 is 21.7 Å². The van der Waals surface area contributed by atoms with E-state index in [1.54, 1.807) is 0 Å². The molecule has 0 aliphatic rings. The van der Waals surface area contributed by atoms with E-state index in [4.69, 9.17) is 0 Å².